The third kappa shape index (κ3) is 2.48. The molecular formula is C13H12Cl2N2. The van der Waals surface area contributed by atoms with Gasteiger partial charge in [0.2, 0.25) is 0 Å². The largest absolute Gasteiger partial charge is 0.397 e. The molecule has 17 heavy (non-hydrogen) atoms. The Morgan fingerprint density at radius 3 is 2.24 bits per heavy atom. The van der Waals surface area contributed by atoms with Gasteiger partial charge in [0.25, 0.3) is 0 Å². The summed E-state index contributed by atoms with van der Waals surface area (Å²) in [5.74, 6) is 0. The van der Waals surface area contributed by atoms with Crippen LogP contribution in [0.2, 0.25) is 10.0 Å². The lowest BCUT2D eigenvalue weighted by molar-refractivity contribution is 1.21. The third-order valence-electron chi connectivity index (χ3n) is 2.57. The summed E-state index contributed by atoms with van der Waals surface area (Å²) in [5.41, 5.74) is 8.37. The van der Waals surface area contributed by atoms with E-state index in [0.29, 0.717) is 15.7 Å². The van der Waals surface area contributed by atoms with Gasteiger partial charge < -0.3 is 10.6 Å². The van der Waals surface area contributed by atoms with Gasteiger partial charge in [-0.1, -0.05) is 29.3 Å². The Kier molecular flexibility index (Phi) is 3.46. The number of benzene rings is 2. The topological polar surface area (TPSA) is 29.3 Å². The van der Waals surface area contributed by atoms with E-state index in [1.807, 2.05) is 54.4 Å². The van der Waals surface area contributed by atoms with Gasteiger partial charge in [-0.2, -0.15) is 0 Å². The first-order chi connectivity index (χ1) is 8.09. The van der Waals surface area contributed by atoms with Gasteiger partial charge in [-0.3, -0.25) is 0 Å². The first-order valence-corrected chi connectivity index (χ1v) is 5.88. The van der Waals surface area contributed by atoms with Crippen molar-refractivity contribution >= 4 is 40.3 Å². The minimum absolute atomic E-state index is 0.627. The van der Waals surface area contributed by atoms with Crippen LogP contribution in [0, 0.1) is 0 Å². The fourth-order valence-corrected chi connectivity index (χ4v) is 2.11. The quantitative estimate of drug-likeness (QED) is 0.820. The molecule has 0 radical (unpaired) electrons. The number of nitrogens with two attached hydrogens (primary N) is 1. The van der Waals surface area contributed by atoms with Crippen LogP contribution in [0.3, 0.4) is 0 Å². The summed E-state index contributed by atoms with van der Waals surface area (Å²) in [6.45, 7) is 0. The van der Waals surface area contributed by atoms with Crippen LogP contribution < -0.4 is 10.6 Å². The van der Waals surface area contributed by atoms with Gasteiger partial charge in [0.05, 0.1) is 16.4 Å². The second-order valence-electron chi connectivity index (χ2n) is 3.71. The average Bonchev–Trinajstić information content (AvgIpc) is 2.29. The summed E-state index contributed by atoms with van der Waals surface area (Å²) in [6, 6.07) is 13.0. The lowest BCUT2D eigenvalue weighted by Crippen LogP contribution is -2.12. The maximum absolute atomic E-state index is 6.16. The fourth-order valence-electron chi connectivity index (χ4n) is 1.68. The van der Waals surface area contributed by atoms with Crippen molar-refractivity contribution in [3.05, 3.63) is 52.5 Å². The molecule has 2 rings (SSSR count). The molecule has 0 aliphatic heterocycles. The molecule has 0 heterocycles. The van der Waals surface area contributed by atoms with E-state index in [1.54, 1.807) is 0 Å². The maximum Gasteiger partial charge on any atom is 0.0830 e. The van der Waals surface area contributed by atoms with Gasteiger partial charge in [0.1, 0.15) is 0 Å². The molecule has 0 unspecified atom stereocenters. The molecule has 0 saturated carbocycles. The molecule has 88 valence electrons. The second-order valence-corrected chi connectivity index (χ2v) is 4.56. The van der Waals surface area contributed by atoms with E-state index in [0.717, 1.165) is 11.4 Å². The van der Waals surface area contributed by atoms with E-state index < -0.39 is 0 Å². The summed E-state index contributed by atoms with van der Waals surface area (Å²) < 4.78 is 0. The Morgan fingerprint density at radius 1 is 1.00 bits per heavy atom. The van der Waals surface area contributed by atoms with E-state index in [4.69, 9.17) is 28.9 Å². The third-order valence-corrected chi connectivity index (χ3v) is 3.12. The SMILES string of the molecule is CN(c1ccc(Cl)cc1)c1c(N)cccc1Cl. The Morgan fingerprint density at radius 2 is 1.65 bits per heavy atom. The lowest BCUT2D eigenvalue weighted by Gasteiger charge is -2.22. The van der Waals surface area contributed by atoms with E-state index in [9.17, 15) is 0 Å². The number of hydrogen-bond donors (Lipinski definition) is 1. The van der Waals surface area contributed by atoms with Crippen molar-refractivity contribution in [3.63, 3.8) is 0 Å². The van der Waals surface area contributed by atoms with Crippen LogP contribution in [0.15, 0.2) is 42.5 Å². The summed E-state index contributed by atoms with van der Waals surface area (Å²) >= 11 is 12.0. The molecule has 0 aromatic heterocycles. The molecule has 0 fully saturated rings. The monoisotopic (exact) mass is 266 g/mol. The van der Waals surface area contributed by atoms with Crippen molar-refractivity contribution in [1.82, 2.24) is 0 Å². The van der Waals surface area contributed by atoms with E-state index in [1.165, 1.54) is 0 Å². The highest BCUT2D eigenvalue weighted by Gasteiger charge is 2.11. The predicted molar refractivity (Wildman–Crippen MR) is 75.4 cm³/mol. The molecule has 0 saturated heterocycles. The highest BCUT2D eigenvalue weighted by Crippen LogP contribution is 2.35. The van der Waals surface area contributed by atoms with Gasteiger partial charge in [-0.15, -0.1) is 0 Å². The Bertz CT molecular complexity index is 503. The Hall–Kier alpha value is -1.38. The minimum atomic E-state index is 0.627. The van der Waals surface area contributed by atoms with Crippen molar-refractivity contribution in [1.29, 1.82) is 0 Å². The number of rotatable bonds is 2. The molecular weight excluding hydrogens is 255 g/mol. The van der Waals surface area contributed by atoms with Gasteiger partial charge in [0.15, 0.2) is 0 Å². The molecule has 0 spiro atoms. The first-order valence-electron chi connectivity index (χ1n) is 5.13. The van der Waals surface area contributed by atoms with Gasteiger partial charge >= 0.3 is 0 Å². The smallest absolute Gasteiger partial charge is 0.0830 e. The van der Waals surface area contributed by atoms with Gasteiger partial charge in [0, 0.05) is 17.8 Å². The standard InChI is InChI=1S/C13H12Cl2N2/c1-17(10-7-5-9(14)6-8-10)13-11(15)3-2-4-12(13)16/h2-8H,16H2,1H3. The van der Waals surface area contributed by atoms with Crippen LogP contribution in [-0.4, -0.2) is 7.05 Å². The molecule has 0 amide bonds. The van der Waals surface area contributed by atoms with Crippen LogP contribution in [0.4, 0.5) is 17.1 Å². The van der Waals surface area contributed by atoms with E-state index in [-0.39, 0.29) is 0 Å². The number of nitrogens with zero attached hydrogens (tertiary/aromatic N) is 1. The molecule has 0 aliphatic carbocycles. The molecule has 0 atom stereocenters. The molecule has 2 N–H and O–H groups in total. The summed E-state index contributed by atoms with van der Waals surface area (Å²) in [6.07, 6.45) is 0. The van der Waals surface area contributed by atoms with Crippen LogP contribution >= 0.6 is 23.2 Å². The Labute approximate surface area is 111 Å². The number of nitrogen functional groups attached to an aromatic ring is 1. The summed E-state index contributed by atoms with van der Waals surface area (Å²) in [4.78, 5) is 1.94. The van der Waals surface area contributed by atoms with Crippen molar-refractivity contribution in [2.45, 2.75) is 0 Å². The van der Waals surface area contributed by atoms with Crippen molar-refractivity contribution in [3.8, 4) is 0 Å². The summed E-state index contributed by atoms with van der Waals surface area (Å²) in [5, 5.41) is 1.33. The van der Waals surface area contributed by atoms with Crippen molar-refractivity contribution in [2.75, 3.05) is 17.7 Å². The minimum Gasteiger partial charge on any atom is -0.397 e. The Balaban J connectivity index is 2.43. The molecule has 2 aromatic carbocycles. The number of halogens is 2. The number of anilines is 3. The summed E-state index contributed by atoms with van der Waals surface area (Å²) in [7, 11) is 1.92. The molecule has 2 aromatic rings. The van der Waals surface area contributed by atoms with Crippen LogP contribution in [-0.2, 0) is 0 Å². The molecule has 0 aliphatic rings. The zero-order valence-electron chi connectivity index (χ0n) is 9.32. The van der Waals surface area contributed by atoms with Crippen molar-refractivity contribution < 1.29 is 0 Å². The molecule has 0 bridgehead atoms. The lowest BCUT2D eigenvalue weighted by atomic mass is 10.2. The van der Waals surface area contributed by atoms with E-state index in [2.05, 4.69) is 0 Å². The fraction of sp³-hybridized carbons (Fsp3) is 0.0769. The normalized spacial score (nSPS) is 10.3. The van der Waals surface area contributed by atoms with Crippen LogP contribution in [0.25, 0.3) is 0 Å². The molecule has 2 nitrogen and oxygen atoms in total. The number of para-hydroxylation sites is 1. The van der Waals surface area contributed by atoms with Crippen LogP contribution in [0.1, 0.15) is 0 Å². The zero-order valence-corrected chi connectivity index (χ0v) is 10.8. The average molecular weight is 267 g/mol. The maximum atomic E-state index is 6.16. The van der Waals surface area contributed by atoms with E-state index >= 15 is 0 Å². The van der Waals surface area contributed by atoms with Gasteiger partial charge in [-0.25, -0.2) is 0 Å². The number of hydrogen-bond acceptors (Lipinski definition) is 2. The second kappa shape index (κ2) is 4.86. The van der Waals surface area contributed by atoms with Crippen LogP contribution in [0.5, 0.6) is 0 Å². The van der Waals surface area contributed by atoms with Gasteiger partial charge in [-0.05, 0) is 36.4 Å². The zero-order chi connectivity index (χ0) is 12.4. The highest BCUT2D eigenvalue weighted by molar-refractivity contribution is 6.34. The van der Waals surface area contributed by atoms with Crippen molar-refractivity contribution in [2.24, 2.45) is 0 Å². The predicted octanol–water partition coefficient (Wildman–Crippen LogP) is 4.34. The first kappa shape index (κ1) is 12.1. The molecule has 4 heteroatoms. The highest BCUT2D eigenvalue weighted by atomic mass is 35.5.